The maximum Gasteiger partial charge on any atom is 0.251 e. The summed E-state index contributed by atoms with van der Waals surface area (Å²) < 4.78 is 28.2. The number of nitrogens with one attached hydrogen (secondary N) is 1. The Hall–Kier alpha value is -1.44. The molecule has 1 rings (SSSR count). The molecule has 1 amide bonds. The largest absolute Gasteiger partial charge is 0.380 e. The van der Waals surface area contributed by atoms with Crippen LogP contribution < -0.4 is 10.5 Å². The lowest BCUT2D eigenvalue weighted by atomic mass is 10.0. The van der Waals surface area contributed by atoms with Crippen LogP contribution in [-0.4, -0.2) is 33.6 Å². The normalized spacial score (nSPS) is 13.0. The van der Waals surface area contributed by atoms with Crippen molar-refractivity contribution in [1.29, 1.82) is 0 Å². The highest BCUT2D eigenvalue weighted by Crippen LogP contribution is 2.19. The molecule has 0 saturated heterocycles. The van der Waals surface area contributed by atoms with E-state index in [0.29, 0.717) is 24.3 Å². The third-order valence-electron chi connectivity index (χ3n) is 3.16. The van der Waals surface area contributed by atoms with E-state index in [0.717, 1.165) is 5.56 Å². The molecule has 0 bridgehead atoms. The highest BCUT2D eigenvalue weighted by molar-refractivity contribution is 7.89. The minimum atomic E-state index is -3.85. The van der Waals surface area contributed by atoms with Crippen molar-refractivity contribution in [2.45, 2.75) is 38.6 Å². The number of ether oxygens (including phenoxy) is 1. The summed E-state index contributed by atoms with van der Waals surface area (Å²) in [4.78, 5) is 12.2. The number of amides is 1. The number of hydrogen-bond acceptors (Lipinski definition) is 4. The zero-order valence-electron chi connectivity index (χ0n) is 12.8. The van der Waals surface area contributed by atoms with Gasteiger partial charge in [-0.2, -0.15) is 0 Å². The predicted molar refractivity (Wildman–Crippen MR) is 80.7 cm³/mol. The standard InChI is InChI=1S/C14H22N2O4S/c1-5-20-8-10(3)16-14(17)13-7-12(21(15,18)19)6-9(2)11(13)4/h6-7,10H,5,8H2,1-4H3,(H,16,17)(H2,15,18,19). The minimum absolute atomic E-state index is 0.0618. The van der Waals surface area contributed by atoms with E-state index in [1.807, 2.05) is 13.8 Å². The van der Waals surface area contributed by atoms with Crippen LogP contribution in [-0.2, 0) is 14.8 Å². The van der Waals surface area contributed by atoms with Gasteiger partial charge in [-0.05, 0) is 51.0 Å². The molecule has 1 atom stereocenters. The van der Waals surface area contributed by atoms with Gasteiger partial charge < -0.3 is 10.1 Å². The average Bonchev–Trinajstić information content (AvgIpc) is 2.37. The summed E-state index contributed by atoms with van der Waals surface area (Å²) in [6.45, 7) is 8.17. The van der Waals surface area contributed by atoms with Crippen LogP contribution in [0.15, 0.2) is 17.0 Å². The number of aryl methyl sites for hydroxylation is 1. The maximum atomic E-state index is 12.3. The van der Waals surface area contributed by atoms with Crippen LogP contribution in [0.4, 0.5) is 0 Å². The average molecular weight is 314 g/mol. The SMILES string of the molecule is CCOCC(C)NC(=O)c1cc(S(N)(=O)=O)cc(C)c1C. The zero-order valence-corrected chi connectivity index (χ0v) is 13.6. The molecule has 0 aromatic heterocycles. The lowest BCUT2D eigenvalue weighted by Gasteiger charge is -2.16. The Bertz CT molecular complexity index is 626. The zero-order chi connectivity index (χ0) is 16.2. The number of primary sulfonamides is 1. The summed E-state index contributed by atoms with van der Waals surface area (Å²) in [6.07, 6.45) is 0. The summed E-state index contributed by atoms with van der Waals surface area (Å²) in [5, 5.41) is 7.91. The van der Waals surface area contributed by atoms with E-state index in [2.05, 4.69) is 5.32 Å². The Morgan fingerprint density at radius 2 is 2.00 bits per heavy atom. The lowest BCUT2D eigenvalue weighted by Crippen LogP contribution is -2.36. The molecule has 1 aromatic carbocycles. The maximum absolute atomic E-state index is 12.3. The highest BCUT2D eigenvalue weighted by atomic mass is 32.2. The van der Waals surface area contributed by atoms with E-state index in [-0.39, 0.29) is 16.8 Å². The lowest BCUT2D eigenvalue weighted by molar-refractivity contribution is 0.0871. The number of nitrogens with two attached hydrogens (primary N) is 1. The number of carbonyl (C=O) groups excluding carboxylic acids is 1. The quantitative estimate of drug-likeness (QED) is 0.821. The Kier molecular flexibility index (Phi) is 5.88. The second kappa shape index (κ2) is 7.02. The van der Waals surface area contributed by atoms with Crippen LogP contribution in [0.3, 0.4) is 0 Å². The first-order valence-electron chi connectivity index (χ1n) is 6.69. The fourth-order valence-electron chi connectivity index (χ4n) is 1.86. The topological polar surface area (TPSA) is 98.5 Å². The molecule has 6 nitrogen and oxygen atoms in total. The van der Waals surface area contributed by atoms with Crippen LogP contribution in [0.1, 0.15) is 35.3 Å². The molecular formula is C14H22N2O4S. The molecule has 0 aliphatic rings. The molecule has 0 heterocycles. The summed E-state index contributed by atoms with van der Waals surface area (Å²) in [7, 11) is -3.85. The van der Waals surface area contributed by atoms with Crippen molar-refractivity contribution in [1.82, 2.24) is 5.32 Å². The van der Waals surface area contributed by atoms with E-state index in [9.17, 15) is 13.2 Å². The molecular weight excluding hydrogens is 292 g/mol. The minimum Gasteiger partial charge on any atom is -0.380 e. The summed E-state index contributed by atoms with van der Waals surface area (Å²) in [6, 6.07) is 2.60. The molecule has 1 unspecified atom stereocenters. The van der Waals surface area contributed by atoms with Crippen LogP contribution >= 0.6 is 0 Å². The summed E-state index contributed by atoms with van der Waals surface area (Å²) >= 11 is 0. The monoisotopic (exact) mass is 314 g/mol. The predicted octanol–water partition coefficient (Wildman–Crippen LogP) is 1.11. The van der Waals surface area contributed by atoms with Crippen LogP contribution in [0.2, 0.25) is 0 Å². The Morgan fingerprint density at radius 1 is 1.38 bits per heavy atom. The van der Waals surface area contributed by atoms with E-state index < -0.39 is 10.0 Å². The van der Waals surface area contributed by atoms with E-state index in [1.54, 1.807) is 13.8 Å². The van der Waals surface area contributed by atoms with Gasteiger partial charge >= 0.3 is 0 Å². The number of sulfonamides is 1. The van der Waals surface area contributed by atoms with Crippen LogP contribution in [0.5, 0.6) is 0 Å². The molecule has 7 heteroatoms. The third-order valence-corrected chi connectivity index (χ3v) is 4.06. The van der Waals surface area contributed by atoms with Crippen LogP contribution in [0.25, 0.3) is 0 Å². The van der Waals surface area contributed by atoms with Gasteiger partial charge in [0.1, 0.15) is 0 Å². The van der Waals surface area contributed by atoms with Crippen molar-refractivity contribution in [3.8, 4) is 0 Å². The first-order chi connectivity index (χ1) is 9.66. The summed E-state index contributed by atoms with van der Waals surface area (Å²) in [5.41, 5.74) is 1.73. The molecule has 118 valence electrons. The van der Waals surface area contributed by atoms with E-state index in [4.69, 9.17) is 9.88 Å². The molecule has 1 aromatic rings. The van der Waals surface area contributed by atoms with Crippen molar-refractivity contribution in [3.63, 3.8) is 0 Å². The van der Waals surface area contributed by atoms with Gasteiger partial charge in [0, 0.05) is 18.2 Å². The van der Waals surface area contributed by atoms with E-state index >= 15 is 0 Å². The number of carbonyl (C=O) groups is 1. The Labute approximate surface area is 125 Å². The van der Waals surface area contributed by atoms with Gasteiger partial charge in [0.05, 0.1) is 11.5 Å². The molecule has 0 fully saturated rings. The van der Waals surface area contributed by atoms with Gasteiger partial charge in [0.15, 0.2) is 0 Å². The molecule has 0 spiro atoms. The Balaban J connectivity index is 3.06. The molecule has 0 radical (unpaired) electrons. The number of benzene rings is 1. The first-order valence-corrected chi connectivity index (χ1v) is 8.24. The van der Waals surface area contributed by atoms with Gasteiger partial charge in [0.25, 0.3) is 5.91 Å². The molecule has 3 N–H and O–H groups in total. The van der Waals surface area contributed by atoms with Crippen molar-refractivity contribution < 1.29 is 17.9 Å². The number of rotatable bonds is 6. The molecule has 21 heavy (non-hydrogen) atoms. The van der Waals surface area contributed by atoms with Crippen molar-refractivity contribution in [2.24, 2.45) is 5.14 Å². The van der Waals surface area contributed by atoms with Gasteiger partial charge in [-0.25, -0.2) is 13.6 Å². The molecule has 0 saturated carbocycles. The molecule has 0 aliphatic heterocycles. The Morgan fingerprint density at radius 3 is 2.52 bits per heavy atom. The smallest absolute Gasteiger partial charge is 0.251 e. The van der Waals surface area contributed by atoms with E-state index in [1.165, 1.54) is 12.1 Å². The fraction of sp³-hybridized carbons (Fsp3) is 0.500. The van der Waals surface area contributed by atoms with Crippen molar-refractivity contribution >= 4 is 15.9 Å². The molecule has 0 aliphatic carbocycles. The van der Waals surface area contributed by atoms with Gasteiger partial charge in [0.2, 0.25) is 10.0 Å². The number of hydrogen-bond donors (Lipinski definition) is 2. The van der Waals surface area contributed by atoms with Crippen molar-refractivity contribution in [2.75, 3.05) is 13.2 Å². The third kappa shape index (κ3) is 4.80. The highest BCUT2D eigenvalue weighted by Gasteiger charge is 2.18. The second-order valence-corrected chi connectivity index (χ2v) is 6.55. The fourth-order valence-corrected chi connectivity index (χ4v) is 2.49. The van der Waals surface area contributed by atoms with Crippen molar-refractivity contribution in [3.05, 3.63) is 28.8 Å². The van der Waals surface area contributed by atoms with Gasteiger partial charge in [-0.3, -0.25) is 4.79 Å². The second-order valence-electron chi connectivity index (χ2n) is 4.99. The van der Waals surface area contributed by atoms with Gasteiger partial charge in [-0.1, -0.05) is 0 Å². The summed E-state index contributed by atoms with van der Waals surface area (Å²) in [5.74, 6) is -0.340. The van der Waals surface area contributed by atoms with Gasteiger partial charge in [-0.15, -0.1) is 0 Å². The van der Waals surface area contributed by atoms with Crippen LogP contribution in [0, 0.1) is 13.8 Å². The first kappa shape index (κ1) is 17.6.